The predicted molar refractivity (Wildman–Crippen MR) is 83.2 cm³/mol. The van der Waals surface area contributed by atoms with Crippen molar-refractivity contribution in [3.8, 4) is 5.75 Å². The number of aromatic nitrogens is 2. The average molecular weight is 285 g/mol. The van der Waals surface area contributed by atoms with Crippen LogP contribution in [0.25, 0.3) is 0 Å². The maximum absolute atomic E-state index is 6.15. The lowest BCUT2D eigenvalue weighted by Crippen LogP contribution is -2.17. The number of rotatable bonds is 4. The number of nitrogens with two attached hydrogens (primary N) is 1. The molecule has 2 aromatic rings. The fraction of sp³-hybridized carbons (Fsp3) is 0.471. The quantitative estimate of drug-likeness (QED) is 0.939. The van der Waals surface area contributed by atoms with Gasteiger partial charge < -0.3 is 10.5 Å². The van der Waals surface area contributed by atoms with E-state index >= 15 is 0 Å². The van der Waals surface area contributed by atoms with E-state index in [2.05, 4.69) is 30.2 Å². The third-order valence-electron chi connectivity index (χ3n) is 4.25. The third kappa shape index (κ3) is 2.95. The molecule has 0 aliphatic heterocycles. The maximum Gasteiger partial charge on any atom is 0.130 e. The van der Waals surface area contributed by atoms with Crippen molar-refractivity contribution in [1.82, 2.24) is 9.78 Å². The largest absolute Gasteiger partial charge is 0.487 e. The van der Waals surface area contributed by atoms with E-state index in [0.717, 1.165) is 36.4 Å². The summed E-state index contributed by atoms with van der Waals surface area (Å²) in [5.74, 6) is 0.919. The van der Waals surface area contributed by atoms with Crippen molar-refractivity contribution in [3.05, 3.63) is 46.8 Å². The van der Waals surface area contributed by atoms with Crippen molar-refractivity contribution < 1.29 is 4.74 Å². The van der Waals surface area contributed by atoms with E-state index in [1.807, 2.05) is 17.8 Å². The smallest absolute Gasteiger partial charge is 0.130 e. The third-order valence-corrected chi connectivity index (χ3v) is 4.25. The molecule has 1 aliphatic carbocycles. The van der Waals surface area contributed by atoms with Crippen molar-refractivity contribution >= 4 is 0 Å². The first-order valence-corrected chi connectivity index (χ1v) is 7.70. The molecule has 1 aliphatic rings. The number of benzene rings is 1. The van der Waals surface area contributed by atoms with E-state index in [4.69, 9.17) is 10.5 Å². The molecule has 0 bridgehead atoms. The van der Waals surface area contributed by atoms with E-state index in [1.54, 1.807) is 0 Å². The van der Waals surface area contributed by atoms with Gasteiger partial charge in [-0.25, -0.2) is 0 Å². The molecule has 0 spiro atoms. The molecular formula is C17H23N3O. The molecule has 1 atom stereocenters. The van der Waals surface area contributed by atoms with Crippen LogP contribution in [-0.4, -0.2) is 9.78 Å². The van der Waals surface area contributed by atoms with Gasteiger partial charge in [-0.15, -0.1) is 0 Å². The lowest BCUT2D eigenvalue weighted by Gasteiger charge is -2.22. The van der Waals surface area contributed by atoms with E-state index in [9.17, 15) is 0 Å². The highest BCUT2D eigenvalue weighted by Crippen LogP contribution is 2.30. The highest BCUT2D eigenvalue weighted by Gasteiger charge is 2.17. The molecule has 0 amide bonds. The van der Waals surface area contributed by atoms with Crippen LogP contribution in [-0.2, 0) is 26.5 Å². The Bertz CT molecular complexity index is 633. The summed E-state index contributed by atoms with van der Waals surface area (Å²) < 4.78 is 7.83. The van der Waals surface area contributed by atoms with Crippen LogP contribution in [0.1, 0.15) is 48.3 Å². The highest BCUT2D eigenvalue weighted by atomic mass is 16.5. The summed E-state index contributed by atoms with van der Waals surface area (Å²) in [5.41, 5.74) is 11.0. The monoisotopic (exact) mass is 285 g/mol. The van der Waals surface area contributed by atoms with Crippen molar-refractivity contribution in [3.63, 3.8) is 0 Å². The van der Waals surface area contributed by atoms with Gasteiger partial charge in [0, 0.05) is 13.1 Å². The summed E-state index contributed by atoms with van der Waals surface area (Å²) in [7, 11) is 1.96. The van der Waals surface area contributed by atoms with Crippen molar-refractivity contribution in [2.24, 2.45) is 12.8 Å². The number of nitrogens with zero attached hydrogens (tertiary/aromatic N) is 2. The Morgan fingerprint density at radius 3 is 3.00 bits per heavy atom. The minimum absolute atomic E-state index is 0.187. The second-order valence-corrected chi connectivity index (χ2v) is 5.75. The normalized spacial score (nSPS) is 17.6. The molecule has 0 fully saturated rings. The molecule has 1 aromatic heterocycles. The van der Waals surface area contributed by atoms with Gasteiger partial charge >= 0.3 is 0 Å². The van der Waals surface area contributed by atoms with Crippen LogP contribution >= 0.6 is 0 Å². The van der Waals surface area contributed by atoms with Gasteiger partial charge in [0.2, 0.25) is 0 Å². The molecule has 4 nitrogen and oxygen atoms in total. The van der Waals surface area contributed by atoms with Crippen molar-refractivity contribution in [2.45, 2.75) is 45.3 Å². The maximum atomic E-state index is 6.15. The minimum Gasteiger partial charge on any atom is -0.487 e. The first-order chi connectivity index (χ1) is 10.2. The van der Waals surface area contributed by atoms with E-state index < -0.39 is 0 Å². The summed E-state index contributed by atoms with van der Waals surface area (Å²) in [6.07, 6.45) is 4.30. The van der Waals surface area contributed by atoms with Crippen LogP contribution in [0.2, 0.25) is 0 Å². The number of ether oxygens (including phenoxy) is 1. The fourth-order valence-electron chi connectivity index (χ4n) is 2.95. The summed E-state index contributed by atoms with van der Waals surface area (Å²) in [6, 6.07) is 8.59. The molecule has 112 valence electrons. The Labute approximate surface area is 125 Å². The lowest BCUT2D eigenvalue weighted by molar-refractivity contribution is 0.294. The number of aryl methyl sites for hydroxylation is 3. The molecule has 4 heteroatoms. The zero-order chi connectivity index (χ0) is 14.8. The Morgan fingerprint density at radius 1 is 1.38 bits per heavy atom. The van der Waals surface area contributed by atoms with Gasteiger partial charge in [-0.1, -0.05) is 13.0 Å². The number of hydrogen-bond acceptors (Lipinski definition) is 3. The van der Waals surface area contributed by atoms with Crippen LogP contribution in [0.3, 0.4) is 0 Å². The molecular weight excluding hydrogens is 262 g/mol. The Morgan fingerprint density at radius 2 is 2.24 bits per heavy atom. The van der Waals surface area contributed by atoms with Crippen LogP contribution < -0.4 is 10.5 Å². The number of fused-ring (bicyclic) bond motifs is 1. The molecule has 1 aromatic carbocycles. The molecule has 3 rings (SSSR count). The zero-order valence-electron chi connectivity index (χ0n) is 12.8. The Hall–Kier alpha value is -1.81. The SMILES string of the molecule is CCc1cc(COc2ccc3c(c2)CCCC3N)n(C)n1. The standard InChI is InChI=1S/C17H23N3O/c1-3-13-10-14(20(2)19-13)11-21-15-7-8-16-12(9-15)5-4-6-17(16)18/h7-10,17H,3-6,11,18H2,1-2H3. The van der Waals surface area contributed by atoms with Gasteiger partial charge in [0.05, 0.1) is 11.4 Å². The van der Waals surface area contributed by atoms with Gasteiger partial charge in [-0.05, 0) is 55.0 Å². The van der Waals surface area contributed by atoms with Crippen molar-refractivity contribution in [2.75, 3.05) is 0 Å². The van der Waals surface area contributed by atoms with Gasteiger partial charge in [0.15, 0.2) is 0 Å². The second-order valence-electron chi connectivity index (χ2n) is 5.75. The molecule has 21 heavy (non-hydrogen) atoms. The topological polar surface area (TPSA) is 53.1 Å². The van der Waals surface area contributed by atoms with E-state index in [1.165, 1.54) is 17.5 Å². The van der Waals surface area contributed by atoms with Crippen molar-refractivity contribution in [1.29, 1.82) is 0 Å². The molecule has 0 radical (unpaired) electrons. The number of hydrogen-bond donors (Lipinski definition) is 1. The van der Waals surface area contributed by atoms with Gasteiger partial charge in [0.25, 0.3) is 0 Å². The van der Waals surface area contributed by atoms with Crippen LogP contribution in [0.4, 0.5) is 0 Å². The minimum atomic E-state index is 0.187. The zero-order valence-corrected chi connectivity index (χ0v) is 12.8. The molecule has 2 N–H and O–H groups in total. The van der Waals surface area contributed by atoms with Gasteiger partial charge in [-0.2, -0.15) is 5.10 Å². The average Bonchev–Trinajstić information content (AvgIpc) is 2.86. The summed E-state index contributed by atoms with van der Waals surface area (Å²) in [5, 5.41) is 4.44. The summed E-state index contributed by atoms with van der Waals surface area (Å²) in [6.45, 7) is 2.66. The van der Waals surface area contributed by atoms with E-state index in [0.29, 0.717) is 6.61 Å². The van der Waals surface area contributed by atoms with Crippen LogP contribution in [0.5, 0.6) is 5.75 Å². The second kappa shape index (κ2) is 5.90. The molecule has 0 saturated carbocycles. The molecule has 0 saturated heterocycles. The van der Waals surface area contributed by atoms with Crippen LogP contribution in [0, 0.1) is 0 Å². The highest BCUT2D eigenvalue weighted by molar-refractivity contribution is 5.39. The Balaban J connectivity index is 1.72. The van der Waals surface area contributed by atoms with Gasteiger partial charge in [0.1, 0.15) is 12.4 Å². The predicted octanol–water partition coefficient (Wildman–Crippen LogP) is 2.90. The van der Waals surface area contributed by atoms with Gasteiger partial charge in [-0.3, -0.25) is 4.68 Å². The summed E-state index contributed by atoms with van der Waals surface area (Å²) in [4.78, 5) is 0. The molecule has 1 heterocycles. The lowest BCUT2D eigenvalue weighted by atomic mass is 9.88. The first-order valence-electron chi connectivity index (χ1n) is 7.70. The first kappa shape index (κ1) is 14.1. The summed E-state index contributed by atoms with van der Waals surface area (Å²) >= 11 is 0. The molecule has 1 unspecified atom stereocenters. The fourth-order valence-corrected chi connectivity index (χ4v) is 2.95. The van der Waals surface area contributed by atoms with E-state index in [-0.39, 0.29) is 6.04 Å². The van der Waals surface area contributed by atoms with Crippen LogP contribution in [0.15, 0.2) is 24.3 Å². The Kier molecular flexibility index (Phi) is 3.97.